The average molecular weight is 437 g/mol. The van der Waals surface area contributed by atoms with Crippen molar-refractivity contribution in [3.05, 3.63) is 20.9 Å². The van der Waals surface area contributed by atoms with E-state index in [1.807, 2.05) is 0 Å². The van der Waals surface area contributed by atoms with Gasteiger partial charge in [0.05, 0.1) is 6.42 Å². The maximum absolute atomic E-state index is 10.9. The Bertz CT molecular complexity index is 436. The largest absolute Gasteiger partial charge is 0.481 e. The molecule has 0 aliphatic rings. The highest BCUT2D eigenvalue weighted by Crippen LogP contribution is 1.89. The highest BCUT2D eigenvalue weighted by Gasteiger charge is 2.03. The fraction of sp³-hybridized carbons (Fsp3) is 0.857. The maximum atomic E-state index is 10.9. The number of rotatable bonds is 12. The van der Waals surface area contributed by atoms with Gasteiger partial charge in [-0.05, 0) is 36.9 Å². The Morgan fingerprint density at radius 3 is 2.08 bits per heavy atom. The molecule has 26 heavy (non-hydrogen) atoms. The van der Waals surface area contributed by atoms with Crippen LogP contribution in [0.15, 0.2) is 10.2 Å². The number of nitrogens with one attached hydrogen (secondary N) is 1. The average Bonchev–Trinajstić information content (AvgIpc) is 2.62. The zero-order valence-corrected chi connectivity index (χ0v) is 16.8. The minimum atomic E-state index is -0.991. The highest BCUT2D eigenvalue weighted by molar-refractivity contribution is 9.09. The highest BCUT2D eigenvalue weighted by atomic mass is 79.9. The van der Waals surface area contributed by atoms with Crippen molar-refractivity contribution in [3.63, 3.8) is 0 Å². The summed E-state index contributed by atoms with van der Waals surface area (Å²) in [6.45, 7) is 4.03. The summed E-state index contributed by atoms with van der Waals surface area (Å²) in [4.78, 5) is 26.1. The summed E-state index contributed by atoms with van der Waals surface area (Å²) in [5.41, 5.74) is 20.7. The number of carboxylic acid groups (broad SMARTS) is 1. The molecule has 0 aromatic heterocycles. The third-order valence-electron chi connectivity index (χ3n) is 2.40. The van der Waals surface area contributed by atoms with Crippen LogP contribution in [0, 0.1) is 0 Å². The second-order valence-corrected chi connectivity index (χ2v) is 5.48. The number of carbonyl (C=O) groups excluding carboxylic acids is 1. The van der Waals surface area contributed by atoms with Crippen LogP contribution in [0.4, 0.5) is 0 Å². The predicted molar refractivity (Wildman–Crippen MR) is 105 cm³/mol. The first-order valence-corrected chi connectivity index (χ1v) is 9.38. The minimum absolute atomic E-state index is 0.0170. The maximum Gasteiger partial charge on any atom is 0.303 e. The third-order valence-corrected chi connectivity index (χ3v) is 2.96. The summed E-state index contributed by atoms with van der Waals surface area (Å²) in [5.74, 6) is -1.29. The number of azide groups is 2. The molecule has 0 fully saturated rings. The predicted octanol–water partition coefficient (Wildman–Crippen LogP) is 3.49. The number of hydrogen-bond donors (Lipinski definition) is 3. The number of nitrogens with two attached hydrogens (primary N) is 1. The molecule has 1 amide bonds. The van der Waals surface area contributed by atoms with Crippen molar-refractivity contribution in [2.45, 2.75) is 45.4 Å². The Labute approximate surface area is 162 Å². The van der Waals surface area contributed by atoms with Gasteiger partial charge in [-0.3, -0.25) is 9.59 Å². The number of unbranched alkanes of at least 4 members (excludes halogenated alkanes) is 1. The van der Waals surface area contributed by atoms with Gasteiger partial charge >= 0.3 is 5.97 Å². The molecule has 0 saturated heterocycles. The second-order valence-electron chi connectivity index (χ2n) is 4.69. The summed E-state index contributed by atoms with van der Waals surface area (Å²) in [7, 11) is 0. The summed E-state index contributed by atoms with van der Waals surface area (Å²) < 4.78 is 0. The summed E-state index contributed by atoms with van der Waals surface area (Å²) in [6, 6.07) is 0. The normalized spacial score (nSPS) is 8.42. The lowest BCUT2D eigenvalue weighted by atomic mass is 10.3. The number of carboxylic acids is 1. The molecule has 0 saturated carbocycles. The van der Waals surface area contributed by atoms with Gasteiger partial charge in [0.2, 0.25) is 5.91 Å². The molecule has 0 aliphatic carbocycles. The molecule has 0 aromatic rings. The second kappa shape index (κ2) is 27.8. The smallest absolute Gasteiger partial charge is 0.303 e. The van der Waals surface area contributed by atoms with Gasteiger partial charge in [-0.15, -0.1) is 0 Å². The quantitative estimate of drug-likeness (QED) is 0.138. The molecule has 0 aliphatic heterocycles. The van der Waals surface area contributed by atoms with Crippen molar-refractivity contribution in [3.8, 4) is 0 Å². The molecular formula is C14H29BrN8O3. The number of hydrogen-bond acceptors (Lipinski definition) is 5. The molecule has 0 spiro atoms. The Morgan fingerprint density at radius 2 is 1.69 bits per heavy atom. The molecule has 0 unspecified atom stereocenters. The van der Waals surface area contributed by atoms with E-state index < -0.39 is 5.97 Å². The van der Waals surface area contributed by atoms with Crippen molar-refractivity contribution in [2.24, 2.45) is 16.0 Å². The topological polar surface area (TPSA) is 190 Å². The van der Waals surface area contributed by atoms with Gasteiger partial charge < -0.3 is 16.2 Å². The van der Waals surface area contributed by atoms with E-state index in [0.717, 1.165) is 11.8 Å². The molecule has 0 aromatic carbocycles. The van der Waals surface area contributed by atoms with E-state index in [4.69, 9.17) is 21.9 Å². The molecular weight excluding hydrogens is 408 g/mol. The van der Waals surface area contributed by atoms with Crippen LogP contribution in [-0.2, 0) is 9.59 Å². The summed E-state index contributed by atoms with van der Waals surface area (Å²) in [5, 5.41) is 18.5. The number of aliphatic carboxylic acids is 1. The number of amides is 1. The first kappa shape index (κ1) is 28.8. The van der Waals surface area contributed by atoms with Gasteiger partial charge in [-0.2, -0.15) is 0 Å². The number of carbonyl (C=O) groups is 2. The first-order chi connectivity index (χ1) is 12.5. The summed E-state index contributed by atoms with van der Waals surface area (Å²) >= 11 is 3.31. The molecule has 4 N–H and O–H groups in total. The Morgan fingerprint density at radius 1 is 1.12 bits per heavy atom. The standard InChI is InChI=1S/C7H12N4O3.C4H9Br.C3H8N4/c8-11-10-5-1-4-9-6(12)2-3-7(13)14;1-2-3-4-5;4-2-1-3-6-7-5/h1-5H2,(H,9,12)(H,13,14);2-4H2,1H3;1-4H2. The van der Waals surface area contributed by atoms with Crippen LogP contribution in [0.1, 0.15) is 45.4 Å². The SMILES string of the molecule is CCCCBr.[N-]=[N+]=NCCCN.[N-]=[N+]=NCCCNC(=O)CCC(=O)O. The van der Waals surface area contributed by atoms with Gasteiger partial charge in [0, 0.05) is 41.2 Å². The van der Waals surface area contributed by atoms with Gasteiger partial charge in [0.15, 0.2) is 0 Å². The van der Waals surface area contributed by atoms with Crippen molar-refractivity contribution < 1.29 is 14.7 Å². The van der Waals surface area contributed by atoms with Crippen LogP contribution >= 0.6 is 15.9 Å². The van der Waals surface area contributed by atoms with Gasteiger partial charge in [-0.1, -0.05) is 39.5 Å². The molecule has 0 heterocycles. The van der Waals surface area contributed by atoms with Crippen molar-refractivity contribution >= 4 is 27.8 Å². The Kier molecular flexibility index (Phi) is 30.8. The van der Waals surface area contributed by atoms with E-state index in [0.29, 0.717) is 32.6 Å². The Balaban J connectivity index is -0.000000366. The van der Waals surface area contributed by atoms with E-state index in [9.17, 15) is 9.59 Å². The molecule has 0 atom stereocenters. The number of nitrogens with zero attached hydrogens (tertiary/aromatic N) is 6. The molecule has 12 heteroatoms. The van der Waals surface area contributed by atoms with Crippen molar-refractivity contribution in [2.75, 3.05) is 31.5 Å². The Hall–Kier alpha value is -2.00. The molecule has 11 nitrogen and oxygen atoms in total. The fourth-order valence-electron chi connectivity index (χ4n) is 1.07. The first-order valence-electron chi connectivity index (χ1n) is 8.26. The lowest BCUT2D eigenvalue weighted by Crippen LogP contribution is -2.25. The van der Waals surface area contributed by atoms with Crippen LogP contribution in [-0.4, -0.2) is 48.5 Å². The third kappa shape index (κ3) is 37.9. The van der Waals surface area contributed by atoms with E-state index in [1.165, 1.54) is 12.8 Å². The fourth-order valence-corrected chi connectivity index (χ4v) is 1.63. The molecule has 0 bridgehead atoms. The lowest BCUT2D eigenvalue weighted by molar-refractivity contribution is -0.138. The van der Waals surface area contributed by atoms with Crippen LogP contribution < -0.4 is 11.1 Å². The van der Waals surface area contributed by atoms with E-state index >= 15 is 0 Å². The molecule has 150 valence electrons. The van der Waals surface area contributed by atoms with E-state index in [1.54, 1.807) is 0 Å². The zero-order chi connectivity index (χ0) is 20.5. The van der Waals surface area contributed by atoms with Crippen LogP contribution in [0.25, 0.3) is 20.9 Å². The van der Waals surface area contributed by atoms with Gasteiger partial charge in [0.1, 0.15) is 0 Å². The number of halogens is 1. The van der Waals surface area contributed by atoms with Crippen LogP contribution in [0.3, 0.4) is 0 Å². The van der Waals surface area contributed by atoms with Crippen molar-refractivity contribution in [1.29, 1.82) is 0 Å². The molecule has 0 radical (unpaired) electrons. The van der Waals surface area contributed by atoms with Crippen molar-refractivity contribution in [1.82, 2.24) is 5.32 Å². The van der Waals surface area contributed by atoms with Gasteiger partial charge in [-0.25, -0.2) is 0 Å². The van der Waals surface area contributed by atoms with E-state index in [-0.39, 0.29) is 18.7 Å². The monoisotopic (exact) mass is 436 g/mol. The van der Waals surface area contributed by atoms with Crippen LogP contribution in [0.5, 0.6) is 0 Å². The van der Waals surface area contributed by atoms with Gasteiger partial charge in [0.25, 0.3) is 0 Å². The summed E-state index contributed by atoms with van der Waals surface area (Å²) in [6.07, 6.45) is 3.76. The number of alkyl halides is 1. The molecule has 0 rings (SSSR count). The lowest BCUT2D eigenvalue weighted by Gasteiger charge is -2.01. The zero-order valence-electron chi connectivity index (χ0n) is 15.2. The minimum Gasteiger partial charge on any atom is -0.481 e. The van der Waals surface area contributed by atoms with E-state index in [2.05, 4.69) is 48.2 Å². The van der Waals surface area contributed by atoms with Crippen LogP contribution in [0.2, 0.25) is 0 Å².